The van der Waals surface area contributed by atoms with Crippen molar-refractivity contribution in [2.75, 3.05) is 0 Å². The van der Waals surface area contributed by atoms with Crippen LogP contribution < -0.4 is 11.1 Å². The second kappa shape index (κ2) is 7.24. The number of thiocarbonyl (C=S) groups is 1. The summed E-state index contributed by atoms with van der Waals surface area (Å²) in [5.74, 6) is 0.466. The lowest BCUT2D eigenvalue weighted by molar-refractivity contribution is 0.0925. The van der Waals surface area contributed by atoms with E-state index in [1.807, 2.05) is 0 Å². The van der Waals surface area contributed by atoms with E-state index in [9.17, 15) is 4.79 Å². The highest BCUT2D eigenvalue weighted by Gasteiger charge is 2.16. The van der Waals surface area contributed by atoms with Crippen molar-refractivity contribution in [1.29, 1.82) is 0 Å². The summed E-state index contributed by atoms with van der Waals surface area (Å²) in [4.78, 5) is 12.4. The number of amides is 1. The highest BCUT2D eigenvalue weighted by atomic mass is 32.1. The van der Waals surface area contributed by atoms with Crippen LogP contribution in [0.5, 0.6) is 0 Å². The quantitative estimate of drug-likeness (QED) is 0.787. The standard InChI is InChI=1S/C15H22N2OS/c1-4-11(5-2)10(3)17-15(18)13-8-6-12(7-9-13)14(16)19/h6-11H,4-5H2,1-3H3,(H2,16,19)(H,17,18). The van der Waals surface area contributed by atoms with E-state index >= 15 is 0 Å². The van der Waals surface area contributed by atoms with Crippen LogP contribution in [0.2, 0.25) is 0 Å². The van der Waals surface area contributed by atoms with Crippen molar-refractivity contribution in [3.63, 3.8) is 0 Å². The SMILES string of the molecule is CCC(CC)C(C)NC(=O)c1ccc(C(N)=S)cc1. The van der Waals surface area contributed by atoms with Crippen LogP contribution in [0.25, 0.3) is 0 Å². The number of rotatable bonds is 6. The van der Waals surface area contributed by atoms with E-state index in [0.29, 0.717) is 16.5 Å². The molecular formula is C15H22N2OS. The summed E-state index contributed by atoms with van der Waals surface area (Å²) in [7, 11) is 0. The molecule has 0 heterocycles. The van der Waals surface area contributed by atoms with Gasteiger partial charge in [-0.1, -0.05) is 51.0 Å². The molecule has 0 bridgehead atoms. The first-order valence-electron chi connectivity index (χ1n) is 6.70. The van der Waals surface area contributed by atoms with E-state index in [1.54, 1.807) is 24.3 Å². The number of nitrogens with one attached hydrogen (secondary N) is 1. The van der Waals surface area contributed by atoms with Gasteiger partial charge in [0.05, 0.1) is 0 Å². The van der Waals surface area contributed by atoms with Crippen molar-refractivity contribution in [3.05, 3.63) is 35.4 Å². The lowest BCUT2D eigenvalue weighted by Gasteiger charge is -2.22. The van der Waals surface area contributed by atoms with Gasteiger partial charge in [-0.15, -0.1) is 0 Å². The lowest BCUT2D eigenvalue weighted by atomic mass is 9.95. The van der Waals surface area contributed by atoms with Gasteiger partial charge in [0.25, 0.3) is 5.91 Å². The van der Waals surface area contributed by atoms with Gasteiger partial charge in [-0.05, 0) is 25.0 Å². The molecule has 0 fully saturated rings. The Labute approximate surface area is 120 Å². The smallest absolute Gasteiger partial charge is 0.251 e. The molecule has 0 saturated carbocycles. The largest absolute Gasteiger partial charge is 0.389 e. The zero-order chi connectivity index (χ0) is 14.4. The van der Waals surface area contributed by atoms with Crippen molar-refractivity contribution >= 4 is 23.1 Å². The maximum atomic E-state index is 12.1. The minimum absolute atomic E-state index is 0.0473. The van der Waals surface area contributed by atoms with Gasteiger partial charge in [-0.25, -0.2) is 0 Å². The molecule has 1 aromatic rings. The maximum Gasteiger partial charge on any atom is 0.251 e. The molecule has 0 aliphatic carbocycles. The molecule has 0 radical (unpaired) electrons. The molecule has 1 aromatic carbocycles. The summed E-state index contributed by atoms with van der Waals surface area (Å²) in [6.07, 6.45) is 2.14. The fourth-order valence-electron chi connectivity index (χ4n) is 2.19. The Morgan fingerprint density at radius 2 is 1.68 bits per heavy atom. The second-order valence-electron chi connectivity index (χ2n) is 4.78. The normalized spacial score (nSPS) is 12.2. The molecule has 0 saturated heterocycles. The summed E-state index contributed by atoms with van der Waals surface area (Å²) in [6.45, 7) is 6.35. The molecule has 0 aliphatic rings. The van der Waals surface area contributed by atoms with E-state index in [-0.39, 0.29) is 11.9 Å². The topological polar surface area (TPSA) is 55.1 Å². The summed E-state index contributed by atoms with van der Waals surface area (Å²) < 4.78 is 0. The molecule has 1 atom stereocenters. The average molecular weight is 278 g/mol. The van der Waals surface area contributed by atoms with Crippen LogP contribution in [-0.4, -0.2) is 16.9 Å². The van der Waals surface area contributed by atoms with Crippen LogP contribution in [0, 0.1) is 5.92 Å². The van der Waals surface area contributed by atoms with Crippen molar-refractivity contribution < 1.29 is 4.79 Å². The summed E-state index contributed by atoms with van der Waals surface area (Å²) in [6, 6.07) is 7.24. The van der Waals surface area contributed by atoms with Crippen LogP contribution in [0.15, 0.2) is 24.3 Å². The van der Waals surface area contributed by atoms with E-state index in [2.05, 4.69) is 26.1 Å². The molecule has 1 rings (SSSR count). The van der Waals surface area contributed by atoms with Gasteiger partial charge in [-0.3, -0.25) is 4.79 Å². The van der Waals surface area contributed by atoms with Crippen LogP contribution in [0.4, 0.5) is 0 Å². The fourth-order valence-corrected chi connectivity index (χ4v) is 2.33. The molecule has 3 N–H and O–H groups in total. The predicted octanol–water partition coefficient (Wildman–Crippen LogP) is 2.88. The van der Waals surface area contributed by atoms with Crippen LogP contribution in [-0.2, 0) is 0 Å². The number of nitrogens with two attached hydrogens (primary N) is 1. The van der Waals surface area contributed by atoms with Crippen molar-refractivity contribution in [2.24, 2.45) is 11.7 Å². The average Bonchev–Trinajstić information content (AvgIpc) is 2.40. The third-order valence-corrected chi connectivity index (χ3v) is 3.78. The zero-order valence-corrected chi connectivity index (χ0v) is 12.6. The Morgan fingerprint density at radius 3 is 2.11 bits per heavy atom. The minimum atomic E-state index is -0.0473. The Hall–Kier alpha value is -1.42. The van der Waals surface area contributed by atoms with Crippen LogP contribution >= 0.6 is 12.2 Å². The summed E-state index contributed by atoms with van der Waals surface area (Å²) in [5, 5.41) is 3.04. The third kappa shape index (κ3) is 4.31. The zero-order valence-electron chi connectivity index (χ0n) is 11.8. The molecule has 104 valence electrons. The van der Waals surface area contributed by atoms with Gasteiger partial charge < -0.3 is 11.1 Å². The molecule has 0 aromatic heterocycles. The Balaban J connectivity index is 2.70. The number of carbonyl (C=O) groups excluding carboxylic acids is 1. The van der Waals surface area contributed by atoms with Gasteiger partial charge in [-0.2, -0.15) is 0 Å². The first-order valence-corrected chi connectivity index (χ1v) is 7.11. The predicted molar refractivity (Wildman–Crippen MR) is 83.3 cm³/mol. The molecule has 19 heavy (non-hydrogen) atoms. The molecule has 1 unspecified atom stereocenters. The fraction of sp³-hybridized carbons (Fsp3) is 0.467. The van der Waals surface area contributed by atoms with E-state index in [4.69, 9.17) is 18.0 Å². The first kappa shape index (κ1) is 15.6. The van der Waals surface area contributed by atoms with Gasteiger partial charge in [0, 0.05) is 17.2 Å². The first-order chi connectivity index (χ1) is 8.99. The van der Waals surface area contributed by atoms with Crippen LogP contribution in [0.1, 0.15) is 49.5 Å². The second-order valence-corrected chi connectivity index (χ2v) is 5.22. The third-order valence-electron chi connectivity index (χ3n) is 3.55. The van der Waals surface area contributed by atoms with Gasteiger partial charge in [0.2, 0.25) is 0 Å². The summed E-state index contributed by atoms with van der Waals surface area (Å²) >= 11 is 4.88. The maximum absolute atomic E-state index is 12.1. The van der Waals surface area contributed by atoms with Crippen LogP contribution in [0.3, 0.4) is 0 Å². The molecule has 1 amide bonds. The molecular weight excluding hydrogens is 256 g/mol. The number of carbonyl (C=O) groups is 1. The summed E-state index contributed by atoms with van der Waals surface area (Å²) in [5.41, 5.74) is 6.94. The van der Waals surface area contributed by atoms with Crippen molar-refractivity contribution in [1.82, 2.24) is 5.32 Å². The number of benzene rings is 1. The Morgan fingerprint density at radius 1 is 1.21 bits per heavy atom. The molecule has 3 nitrogen and oxygen atoms in total. The number of hydrogen-bond acceptors (Lipinski definition) is 2. The minimum Gasteiger partial charge on any atom is -0.389 e. The van der Waals surface area contributed by atoms with Crippen molar-refractivity contribution in [3.8, 4) is 0 Å². The molecule has 0 spiro atoms. The highest BCUT2D eigenvalue weighted by Crippen LogP contribution is 2.13. The van der Waals surface area contributed by atoms with Crippen molar-refractivity contribution in [2.45, 2.75) is 39.7 Å². The van der Waals surface area contributed by atoms with E-state index in [1.165, 1.54) is 0 Å². The Bertz CT molecular complexity index is 438. The Kier molecular flexibility index (Phi) is 5.96. The molecule has 0 aliphatic heterocycles. The van der Waals surface area contributed by atoms with Gasteiger partial charge >= 0.3 is 0 Å². The van der Waals surface area contributed by atoms with Gasteiger partial charge in [0.1, 0.15) is 4.99 Å². The number of hydrogen-bond donors (Lipinski definition) is 2. The monoisotopic (exact) mass is 278 g/mol. The highest BCUT2D eigenvalue weighted by molar-refractivity contribution is 7.80. The lowest BCUT2D eigenvalue weighted by Crippen LogP contribution is -2.37. The van der Waals surface area contributed by atoms with E-state index < -0.39 is 0 Å². The van der Waals surface area contributed by atoms with E-state index in [0.717, 1.165) is 18.4 Å². The van der Waals surface area contributed by atoms with Gasteiger partial charge in [0.15, 0.2) is 0 Å². The molecule has 4 heteroatoms.